The molecule has 0 amide bonds. The molecule has 1 aromatic heterocycles. The molecule has 2 aromatic carbocycles. The van der Waals surface area contributed by atoms with Gasteiger partial charge in [0.15, 0.2) is 0 Å². The molecular weight excluding hydrogens is 304 g/mol. The molecule has 2 nitrogen and oxygen atoms in total. The Morgan fingerprint density at radius 3 is 2.21 bits per heavy atom. The van der Waals surface area contributed by atoms with Gasteiger partial charge >= 0.3 is 0 Å². The van der Waals surface area contributed by atoms with Gasteiger partial charge < -0.3 is 4.42 Å². The van der Waals surface area contributed by atoms with Gasteiger partial charge in [0.05, 0.1) is 10.8 Å². The van der Waals surface area contributed by atoms with Gasteiger partial charge in [-0.2, -0.15) is 0 Å². The van der Waals surface area contributed by atoms with Gasteiger partial charge in [-0.1, -0.05) is 41.4 Å². The highest BCUT2D eigenvalue weighted by Crippen LogP contribution is 2.22. The molecule has 0 saturated heterocycles. The van der Waals surface area contributed by atoms with Crippen LogP contribution in [0.4, 0.5) is 0 Å². The first-order chi connectivity index (χ1) is 9.15. The van der Waals surface area contributed by atoms with Crippen LogP contribution in [0.1, 0.15) is 19.4 Å². The van der Waals surface area contributed by atoms with Gasteiger partial charge in [0.1, 0.15) is 11.2 Å². The minimum Gasteiger partial charge on any atom is -0.456 e. The molecule has 3 heteroatoms. The van der Waals surface area contributed by atoms with Crippen LogP contribution in [0.2, 0.25) is 0 Å². The van der Waals surface area contributed by atoms with Crippen molar-refractivity contribution in [3.05, 3.63) is 56.7 Å². The number of hydrogen-bond donors (Lipinski definition) is 0. The first-order valence-electron chi connectivity index (χ1n) is 6.28. The Balaban J connectivity index is 0.000000637. The van der Waals surface area contributed by atoms with E-state index in [1.165, 1.54) is 0 Å². The number of hydrogen-bond acceptors (Lipinski definition) is 2. The van der Waals surface area contributed by atoms with Gasteiger partial charge in [0.2, 0.25) is 5.43 Å². The van der Waals surface area contributed by atoms with E-state index in [1.807, 2.05) is 45.0 Å². The molecule has 0 radical (unpaired) electrons. The fourth-order valence-electron chi connectivity index (χ4n) is 1.94. The van der Waals surface area contributed by atoms with Gasteiger partial charge in [-0.15, -0.1) is 0 Å². The monoisotopic (exact) mass is 318 g/mol. The number of halogens is 1. The summed E-state index contributed by atoms with van der Waals surface area (Å²) in [6.07, 6.45) is 0. The summed E-state index contributed by atoms with van der Waals surface area (Å²) in [5.74, 6) is 0. The third-order valence-corrected chi connectivity index (χ3v) is 3.28. The molecule has 0 saturated carbocycles. The highest BCUT2D eigenvalue weighted by atomic mass is 79.9. The zero-order valence-corrected chi connectivity index (χ0v) is 12.7. The van der Waals surface area contributed by atoms with Crippen LogP contribution >= 0.6 is 15.9 Å². The topological polar surface area (TPSA) is 30.2 Å². The molecule has 0 fully saturated rings. The molecule has 0 aliphatic heterocycles. The van der Waals surface area contributed by atoms with Crippen molar-refractivity contribution in [2.45, 2.75) is 20.8 Å². The van der Waals surface area contributed by atoms with E-state index in [0.717, 1.165) is 10.0 Å². The lowest BCUT2D eigenvalue weighted by molar-refractivity contribution is 0.659. The lowest BCUT2D eigenvalue weighted by atomic mass is 10.1. The van der Waals surface area contributed by atoms with Gasteiger partial charge in [-0.05, 0) is 37.3 Å². The van der Waals surface area contributed by atoms with E-state index >= 15 is 0 Å². The summed E-state index contributed by atoms with van der Waals surface area (Å²) in [4.78, 5) is 12.3. The van der Waals surface area contributed by atoms with Crippen LogP contribution in [0.3, 0.4) is 0 Å². The van der Waals surface area contributed by atoms with E-state index in [2.05, 4.69) is 15.9 Å². The minimum absolute atomic E-state index is 0.0197. The summed E-state index contributed by atoms with van der Waals surface area (Å²) in [6, 6.07) is 11.1. The maximum Gasteiger partial charge on any atom is 0.200 e. The Morgan fingerprint density at radius 1 is 0.947 bits per heavy atom. The summed E-state index contributed by atoms with van der Waals surface area (Å²) in [7, 11) is 0. The Hall–Kier alpha value is -1.61. The first kappa shape index (κ1) is 13.8. The van der Waals surface area contributed by atoms with E-state index in [0.29, 0.717) is 21.9 Å². The van der Waals surface area contributed by atoms with Crippen molar-refractivity contribution in [2.24, 2.45) is 0 Å². The lowest BCUT2D eigenvalue weighted by Gasteiger charge is -2.02. The Morgan fingerprint density at radius 2 is 1.53 bits per heavy atom. The van der Waals surface area contributed by atoms with E-state index in [4.69, 9.17) is 4.42 Å². The van der Waals surface area contributed by atoms with E-state index in [1.54, 1.807) is 12.1 Å². The SMILES string of the molecule is CC.Cc1ccc2oc3ccc(Br)cc3c(=O)c2c1. The number of fused-ring (bicyclic) bond motifs is 2. The summed E-state index contributed by atoms with van der Waals surface area (Å²) < 4.78 is 6.60. The smallest absolute Gasteiger partial charge is 0.200 e. The van der Waals surface area contributed by atoms with Gasteiger partial charge in [-0.25, -0.2) is 0 Å². The van der Waals surface area contributed by atoms with Crippen molar-refractivity contribution in [3.8, 4) is 0 Å². The predicted molar refractivity (Wildman–Crippen MR) is 83.8 cm³/mol. The van der Waals surface area contributed by atoms with Crippen LogP contribution in [-0.4, -0.2) is 0 Å². The highest BCUT2D eigenvalue weighted by Gasteiger charge is 2.07. The minimum atomic E-state index is 0.0197. The molecule has 3 aromatic rings. The molecular formula is C16H15BrO2. The van der Waals surface area contributed by atoms with Gasteiger partial charge in [0.25, 0.3) is 0 Å². The molecule has 1 heterocycles. The molecule has 0 atom stereocenters. The third kappa shape index (κ3) is 2.56. The number of rotatable bonds is 0. The maximum absolute atomic E-state index is 12.3. The number of benzene rings is 2. The first-order valence-corrected chi connectivity index (χ1v) is 7.07. The second-order valence-corrected chi connectivity index (χ2v) is 4.99. The summed E-state index contributed by atoms with van der Waals surface area (Å²) in [5, 5.41) is 1.24. The normalized spacial score (nSPS) is 10.3. The van der Waals surface area contributed by atoms with Gasteiger partial charge in [-0.3, -0.25) is 4.79 Å². The fourth-order valence-corrected chi connectivity index (χ4v) is 2.30. The highest BCUT2D eigenvalue weighted by molar-refractivity contribution is 9.10. The molecule has 0 unspecified atom stereocenters. The molecule has 19 heavy (non-hydrogen) atoms. The molecule has 0 spiro atoms. The Kier molecular flexibility index (Phi) is 4.05. The summed E-state index contributed by atoms with van der Waals surface area (Å²) >= 11 is 3.36. The fraction of sp³-hybridized carbons (Fsp3) is 0.188. The predicted octanol–water partition coefficient (Wildman–Crippen LogP) is 5.04. The van der Waals surface area contributed by atoms with Crippen LogP contribution in [0.25, 0.3) is 21.9 Å². The van der Waals surface area contributed by atoms with Crippen LogP contribution in [0.5, 0.6) is 0 Å². The van der Waals surface area contributed by atoms with Crippen molar-refractivity contribution >= 4 is 37.9 Å². The standard InChI is InChI=1S/C14H9BrO2.C2H6/c1-8-2-4-12-10(6-8)14(16)11-7-9(15)3-5-13(11)17-12;1-2/h2-7H,1H3;1-2H3. The van der Waals surface area contributed by atoms with Crippen LogP contribution < -0.4 is 5.43 Å². The quantitative estimate of drug-likeness (QED) is 0.543. The van der Waals surface area contributed by atoms with Crippen molar-refractivity contribution in [3.63, 3.8) is 0 Å². The van der Waals surface area contributed by atoms with Crippen molar-refractivity contribution < 1.29 is 4.42 Å². The molecule has 0 bridgehead atoms. The molecule has 0 N–H and O–H groups in total. The second kappa shape index (κ2) is 5.57. The van der Waals surface area contributed by atoms with E-state index in [9.17, 15) is 4.79 Å². The summed E-state index contributed by atoms with van der Waals surface area (Å²) in [6.45, 7) is 5.96. The Labute approximate surface area is 120 Å². The zero-order valence-electron chi connectivity index (χ0n) is 11.2. The Bertz CT molecular complexity index is 725. The van der Waals surface area contributed by atoms with Crippen LogP contribution in [-0.2, 0) is 0 Å². The summed E-state index contributed by atoms with van der Waals surface area (Å²) in [5.41, 5.74) is 2.33. The maximum atomic E-state index is 12.3. The van der Waals surface area contributed by atoms with Crippen LogP contribution in [0.15, 0.2) is 50.1 Å². The van der Waals surface area contributed by atoms with Gasteiger partial charge in [0, 0.05) is 4.47 Å². The van der Waals surface area contributed by atoms with Crippen molar-refractivity contribution in [1.82, 2.24) is 0 Å². The average molecular weight is 319 g/mol. The third-order valence-electron chi connectivity index (χ3n) is 2.79. The van der Waals surface area contributed by atoms with Crippen LogP contribution in [0, 0.1) is 6.92 Å². The second-order valence-electron chi connectivity index (χ2n) is 4.07. The zero-order chi connectivity index (χ0) is 14.0. The average Bonchev–Trinajstić information content (AvgIpc) is 2.43. The molecule has 3 rings (SSSR count). The van der Waals surface area contributed by atoms with E-state index in [-0.39, 0.29) is 5.43 Å². The largest absolute Gasteiger partial charge is 0.456 e. The number of aryl methyl sites for hydroxylation is 1. The molecule has 0 aliphatic rings. The molecule has 98 valence electrons. The molecule has 0 aliphatic carbocycles. The van der Waals surface area contributed by atoms with E-state index < -0.39 is 0 Å². The van der Waals surface area contributed by atoms with Crippen molar-refractivity contribution in [1.29, 1.82) is 0 Å². The van der Waals surface area contributed by atoms with Crippen molar-refractivity contribution in [2.75, 3.05) is 0 Å². The lowest BCUT2D eigenvalue weighted by Crippen LogP contribution is -2.02.